The van der Waals surface area contributed by atoms with Crippen LogP contribution in [-0.2, 0) is 9.53 Å². The maximum absolute atomic E-state index is 11.5. The Balaban J connectivity index is 3.58. The van der Waals surface area contributed by atoms with Crippen molar-refractivity contribution in [2.75, 3.05) is 6.61 Å². The molecule has 2 nitrogen and oxygen atoms in total. The number of carbonyl (C=O) groups is 1. The van der Waals surface area contributed by atoms with Gasteiger partial charge in [-0.05, 0) is 19.3 Å². The van der Waals surface area contributed by atoms with E-state index in [9.17, 15) is 4.79 Å². The molecule has 0 aromatic rings. The van der Waals surface area contributed by atoms with E-state index in [0.29, 0.717) is 12.5 Å². The molecule has 0 aliphatic carbocycles. The highest BCUT2D eigenvalue weighted by Crippen LogP contribution is 2.06. The summed E-state index contributed by atoms with van der Waals surface area (Å²) in [6, 6.07) is 0. The molecule has 0 aromatic heterocycles. The van der Waals surface area contributed by atoms with E-state index in [2.05, 4.69) is 20.8 Å². The van der Waals surface area contributed by atoms with E-state index in [1.807, 2.05) is 13.0 Å². The Bertz CT molecular complexity index is 217. The Morgan fingerprint density at radius 3 is 2.38 bits per heavy atom. The van der Waals surface area contributed by atoms with Crippen LogP contribution in [0, 0.1) is 5.92 Å². The lowest BCUT2D eigenvalue weighted by Gasteiger charge is -2.05. The van der Waals surface area contributed by atoms with Crippen molar-refractivity contribution >= 4 is 5.97 Å². The van der Waals surface area contributed by atoms with Crippen LogP contribution in [0.5, 0.6) is 0 Å². The minimum absolute atomic E-state index is 0.163. The molecule has 0 radical (unpaired) electrons. The largest absolute Gasteiger partial charge is 0.462 e. The number of unbranched alkanes of at least 4 members (excludes halogenated alkanes) is 4. The Hall–Kier alpha value is -0.790. The smallest absolute Gasteiger partial charge is 0.333 e. The summed E-state index contributed by atoms with van der Waals surface area (Å²) in [6.07, 6.45) is 7.86. The third-order valence-corrected chi connectivity index (χ3v) is 2.39. The van der Waals surface area contributed by atoms with E-state index in [-0.39, 0.29) is 5.97 Å². The van der Waals surface area contributed by atoms with E-state index in [1.165, 1.54) is 19.3 Å². The molecule has 0 bridgehead atoms. The lowest BCUT2D eigenvalue weighted by Crippen LogP contribution is -2.07. The minimum Gasteiger partial charge on any atom is -0.462 e. The second-order valence-corrected chi connectivity index (χ2v) is 4.64. The fourth-order valence-corrected chi connectivity index (χ4v) is 1.55. The first-order valence-electron chi connectivity index (χ1n) is 6.43. The van der Waals surface area contributed by atoms with Crippen molar-refractivity contribution < 1.29 is 9.53 Å². The highest BCUT2D eigenvalue weighted by molar-refractivity contribution is 5.87. The molecule has 0 saturated carbocycles. The van der Waals surface area contributed by atoms with Crippen molar-refractivity contribution in [3.63, 3.8) is 0 Å². The van der Waals surface area contributed by atoms with E-state index < -0.39 is 0 Å². The zero-order valence-corrected chi connectivity index (χ0v) is 11.2. The van der Waals surface area contributed by atoms with Crippen LogP contribution in [0.2, 0.25) is 0 Å². The van der Waals surface area contributed by atoms with Gasteiger partial charge in [0.2, 0.25) is 0 Å². The van der Waals surface area contributed by atoms with Crippen molar-refractivity contribution in [3.05, 3.63) is 11.6 Å². The maximum atomic E-state index is 11.5. The Morgan fingerprint density at radius 1 is 1.19 bits per heavy atom. The summed E-state index contributed by atoms with van der Waals surface area (Å²) in [6.45, 7) is 8.69. The Labute approximate surface area is 100 Å². The molecule has 2 heteroatoms. The molecule has 0 aromatic carbocycles. The molecular weight excluding hydrogens is 200 g/mol. The number of rotatable bonds is 8. The van der Waals surface area contributed by atoms with Gasteiger partial charge in [0.15, 0.2) is 0 Å². The van der Waals surface area contributed by atoms with Crippen LogP contribution in [-0.4, -0.2) is 12.6 Å². The van der Waals surface area contributed by atoms with Crippen LogP contribution in [0.4, 0.5) is 0 Å². The molecule has 0 unspecified atom stereocenters. The van der Waals surface area contributed by atoms with Gasteiger partial charge in [-0.15, -0.1) is 0 Å². The van der Waals surface area contributed by atoms with Gasteiger partial charge in [-0.1, -0.05) is 52.5 Å². The van der Waals surface area contributed by atoms with Crippen molar-refractivity contribution in [1.29, 1.82) is 0 Å². The molecule has 0 heterocycles. The normalized spacial score (nSPS) is 11.9. The molecule has 0 atom stereocenters. The topological polar surface area (TPSA) is 26.3 Å². The predicted octanol–water partition coefficient (Wildman–Crippen LogP) is 4.10. The van der Waals surface area contributed by atoms with E-state index in [0.717, 1.165) is 18.4 Å². The lowest BCUT2D eigenvalue weighted by atomic mass is 10.1. The van der Waals surface area contributed by atoms with Crippen molar-refractivity contribution in [2.24, 2.45) is 5.92 Å². The van der Waals surface area contributed by atoms with Gasteiger partial charge in [0.05, 0.1) is 6.61 Å². The summed E-state index contributed by atoms with van der Waals surface area (Å²) in [5.74, 6) is 0.237. The number of esters is 1. The molecule has 0 spiro atoms. The first-order valence-corrected chi connectivity index (χ1v) is 6.43. The van der Waals surface area contributed by atoms with Crippen LogP contribution in [0.25, 0.3) is 0 Å². The average Bonchev–Trinajstić information content (AvgIpc) is 2.21. The minimum atomic E-state index is -0.163. The van der Waals surface area contributed by atoms with Gasteiger partial charge in [-0.25, -0.2) is 4.79 Å². The van der Waals surface area contributed by atoms with E-state index in [4.69, 9.17) is 4.74 Å². The van der Waals surface area contributed by atoms with Crippen LogP contribution in [0.15, 0.2) is 11.6 Å². The van der Waals surface area contributed by atoms with E-state index >= 15 is 0 Å². The van der Waals surface area contributed by atoms with Gasteiger partial charge in [-0.3, -0.25) is 0 Å². The lowest BCUT2D eigenvalue weighted by molar-refractivity contribution is -0.139. The van der Waals surface area contributed by atoms with Crippen LogP contribution in [0.1, 0.15) is 59.8 Å². The molecule has 0 aliphatic rings. The van der Waals surface area contributed by atoms with Gasteiger partial charge < -0.3 is 4.74 Å². The molecule has 0 aliphatic heterocycles. The first-order chi connectivity index (χ1) is 7.57. The SMILES string of the molecule is CCCCCCCOC(=O)/C(C)=C/C(C)C. The number of allylic oxidation sites excluding steroid dienone is 1. The summed E-state index contributed by atoms with van der Waals surface area (Å²) >= 11 is 0. The highest BCUT2D eigenvalue weighted by atomic mass is 16.5. The molecule has 0 amide bonds. The summed E-state index contributed by atoms with van der Waals surface area (Å²) in [5.41, 5.74) is 0.726. The van der Waals surface area contributed by atoms with Gasteiger partial charge in [0, 0.05) is 5.57 Å². The maximum Gasteiger partial charge on any atom is 0.333 e. The predicted molar refractivity (Wildman–Crippen MR) is 68.3 cm³/mol. The Morgan fingerprint density at radius 2 is 1.81 bits per heavy atom. The van der Waals surface area contributed by atoms with Crippen molar-refractivity contribution in [3.8, 4) is 0 Å². The van der Waals surface area contributed by atoms with Gasteiger partial charge in [-0.2, -0.15) is 0 Å². The molecule has 0 N–H and O–H groups in total. The first kappa shape index (κ1) is 15.2. The fourth-order valence-electron chi connectivity index (χ4n) is 1.55. The Kier molecular flexibility index (Phi) is 8.97. The fraction of sp³-hybridized carbons (Fsp3) is 0.786. The highest BCUT2D eigenvalue weighted by Gasteiger charge is 2.05. The van der Waals surface area contributed by atoms with Crippen LogP contribution in [0.3, 0.4) is 0 Å². The number of hydrogen-bond donors (Lipinski definition) is 0. The second-order valence-electron chi connectivity index (χ2n) is 4.64. The van der Waals surface area contributed by atoms with Crippen molar-refractivity contribution in [1.82, 2.24) is 0 Å². The molecule has 0 rings (SSSR count). The van der Waals surface area contributed by atoms with Gasteiger partial charge in [0.25, 0.3) is 0 Å². The molecule has 0 fully saturated rings. The third-order valence-electron chi connectivity index (χ3n) is 2.39. The molecule has 94 valence electrons. The standard InChI is InChI=1S/C14H26O2/c1-5-6-7-8-9-10-16-14(15)13(4)11-12(2)3/h11-12H,5-10H2,1-4H3/b13-11+. The average molecular weight is 226 g/mol. The number of hydrogen-bond acceptors (Lipinski definition) is 2. The van der Waals surface area contributed by atoms with Crippen molar-refractivity contribution in [2.45, 2.75) is 59.8 Å². The van der Waals surface area contributed by atoms with Gasteiger partial charge >= 0.3 is 5.97 Å². The third kappa shape index (κ3) is 8.51. The second kappa shape index (κ2) is 9.44. The van der Waals surface area contributed by atoms with Crippen LogP contribution < -0.4 is 0 Å². The summed E-state index contributed by atoms with van der Waals surface area (Å²) in [5, 5.41) is 0. The quantitative estimate of drug-likeness (QED) is 0.354. The summed E-state index contributed by atoms with van der Waals surface area (Å²) in [7, 11) is 0. The summed E-state index contributed by atoms with van der Waals surface area (Å²) in [4.78, 5) is 11.5. The van der Waals surface area contributed by atoms with E-state index in [1.54, 1.807) is 0 Å². The zero-order valence-electron chi connectivity index (χ0n) is 11.2. The molecular formula is C14H26O2. The monoisotopic (exact) mass is 226 g/mol. The number of carbonyl (C=O) groups excluding carboxylic acids is 1. The molecule has 0 saturated heterocycles. The molecule has 16 heavy (non-hydrogen) atoms. The van der Waals surface area contributed by atoms with Gasteiger partial charge in [0.1, 0.15) is 0 Å². The zero-order chi connectivity index (χ0) is 12.4. The number of ether oxygens (including phenoxy) is 1. The summed E-state index contributed by atoms with van der Waals surface area (Å²) < 4.78 is 5.18. The van der Waals surface area contributed by atoms with Crippen LogP contribution >= 0.6 is 0 Å².